The zero-order chi connectivity index (χ0) is 13.4. The maximum atomic E-state index is 13.3. The third-order valence-corrected chi connectivity index (χ3v) is 3.02. The molecule has 0 spiro atoms. The van der Waals surface area contributed by atoms with Gasteiger partial charge in [-0.15, -0.1) is 0 Å². The van der Waals surface area contributed by atoms with E-state index in [2.05, 4.69) is 20.9 Å². The van der Waals surface area contributed by atoms with Crippen LogP contribution in [0.5, 0.6) is 0 Å². The van der Waals surface area contributed by atoms with E-state index in [1.807, 2.05) is 0 Å². The van der Waals surface area contributed by atoms with Gasteiger partial charge >= 0.3 is 10.8 Å². The topological polar surface area (TPSA) is 50.2 Å². The van der Waals surface area contributed by atoms with E-state index in [-0.39, 0.29) is 16.8 Å². The van der Waals surface area contributed by atoms with Gasteiger partial charge in [0.1, 0.15) is 5.69 Å². The van der Waals surface area contributed by atoms with Gasteiger partial charge < -0.3 is 5.11 Å². The van der Waals surface area contributed by atoms with Crippen LogP contribution < -0.4 is 0 Å². The SMILES string of the molecule is CCc1nc(C(F)(F)Br)c(C)c(C)c1C(=O)O. The molecule has 1 N–H and O–H groups in total. The number of alkyl halides is 3. The number of carboxylic acid groups (broad SMARTS) is 1. The molecule has 0 aliphatic heterocycles. The highest BCUT2D eigenvalue weighted by Gasteiger charge is 2.33. The third kappa shape index (κ3) is 2.62. The van der Waals surface area contributed by atoms with E-state index in [9.17, 15) is 13.6 Å². The molecule has 0 aromatic carbocycles. The minimum absolute atomic E-state index is 0.0190. The van der Waals surface area contributed by atoms with Gasteiger partial charge in [0.15, 0.2) is 0 Å². The van der Waals surface area contributed by atoms with Crippen LogP contribution in [0.3, 0.4) is 0 Å². The fourth-order valence-electron chi connectivity index (χ4n) is 1.67. The fraction of sp³-hybridized carbons (Fsp3) is 0.455. The van der Waals surface area contributed by atoms with Crippen molar-refractivity contribution in [2.45, 2.75) is 32.0 Å². The molecule has 1 aromatic heterocycles. The van der Waals surface area contributed by atoms with Crippen molar-refractivity contribution in [3.8, 4) is 0 Å². The number of carboxylic acids is 1. The van der Waals surface area contributed by atoms with Gasteiger partial charge in [0, 0.05) is 0 Å². The highest BCUT2D eigenvalue weighted by Crippen LogP contribution is 2.37. The first kappa shape index (κ1) is 14.0. The summed E-state index contributed by atoms with van der Waals surface area (Å²) in [5, 5.41) is 9.06. The number of halogens is 3. The summed E-state index contributed by atoms with van der Waals surface area (Å²) in [7, 11) is 0. The predicted octanol–water partition coefficient (Wildman–Crippen LogP) is 3.40. The Bertz CT molecular complexity index is 470. The average Bonchev–Trinajstić information content (AvgIpc) is 2.19. The number of nitrogens with zero attached hydrogens (tertiary/aromatic N) is 1. The predicted molar refractivity (Wildman–Crippen MR) is 62.9 cm³/mol. The van der Waals surface area contributed by atoms with Crippen molar-refractivity contribution in [1.82, 2.24) is 4.98 Å². The molecule has 17 heavy (non-hydrogen) atoms. The van der Waals surface area contributed by atoms with E-state index in [0.29, 0.717) is 12.0 Å². The van der Waals surface area contributed by atoms with Gasteiger partial charge in [-0.1, -0.05) is 6.92 Å². The average molecular weight is 308 g/mol. The molecule has 0 aliphatic carbocycles. The minimum atomic E-state index is -3.25. The van der Waals surface area contributed by atoms with E-state index in [1.165, 1.54) is 13.8 Å². The second-order valence-corrected chi connectivity index (χ2v) is 4.68. The minimum Gasteiger partial charge on any atom is -0.478 e. The second kappa shape index (κ2) is 4.68. The molecule has 0 atom stereocenters. The van der Waals surface area contributed by atoms with Crippen molar-refractivity contribution >= 4 is 21.9 Å². The lowest BCUT2D eigenvalue weighted by Crippen LogP contribution is -2.16. The van der Waals surface area contributed by atoms with Gasteiger partial charge in [0.25, 0.3) is 0 Å². The van der Waals surface area contributed by atoms with Gasteiger partial charge in [-0.3, -0.25) is 0 Å². The molecule has 0 bridgehead atoms. The van der Waals surface area contributed by atoms with Crippen LogP contribution in [0.4, 0.5) is 8.78 Å². The Morgan fingerprint density at radius 2 is 1.94 bits per heavy atom. The smallest absolute Gasteiger partial charge is 0.343 e. The number of carbonyl (C=O) groups is 1. The number of aryl methyl sites for hydroxylation is 1. The lowest BCUT2D eigenvalue weighted by Gasteiger charge is -2.17. The largest absolute Gasteiger partial charge is 0.478 e. The molecule has 1 aromatic rings. The van der Waals surface area contributed by atoms with Crippen LogP contribution in [0.25, 0.3) is 0 Å². The van der Waals surface area contributed by atoms with Gasteiger partial charge in [-0.25, -0.2) is 9.78 Å². The summed E-state index contributed by atoms with van der Waals surface area (Å²) in [6.45, 7) is 4.64. The summed E-state index contributed by atoms with van der Waals surface area (Å²) in [6, 6.07) is 0. The van der Waals surface area contributed by atoms with Crippen LogP contribution >= 0.6 is 15.9 Å². The molecule has 3 nitrogen and oxygen atoms in total. The lowest BCUT2D eigenvalue weighted by atomic mass is 9.99. The molecule has 0 saturated carbocycles. The van der Waals surface area contributed by atoms with Gasteiger partial charge in [0.05, 0.1) is 11.3 Å². The summed E-state index contributed by atoms with van der Waals surface area (Å²) in [5.41, 5.74) is 0.303. The van der Waals surface area contributed by atoms with Crippen molar-refractivity contribution in [1.29, 1.82) is 0 Å². The van der Waals surface area contributed by atoms with Gasteiger partial charge in [-0.05, 0) is 47.3 Å². The number of aromatic nitrogens is 1. The van der Waals surface area contributed by atoms with Crippen molar-refractivity contribution < 1.29 is 18.7 Å². The Kier molecular flexibility index (Phi) is 3.86. The Morgan fingerprint density at radius 1 is 1.41 bits per heavy atom. The normalized spacial score (nSPS) is 11.6. The molecule has 1 rings (SSSR count). The molecule has 0 unspecified atom stereocenters. The standard InChI is InChI=1S/C11H12BrF2NO2/c1-4-7-8(10(16)17)5(2)6(3)9(15-7)11(12,13)14/h4H2,1-3H3,(H,16,17). The maximum Gasteiger partial charge on any atom is 0.343 e. The second-order valence-electron chi connectivity index (χ2n) is 3.69. The number of hydrogen-bond acceptors (Lipinski definition) is 2. The third-order valence-electron chi connectivity index (χ3n) is 2.65. The van der Waals surface area contributed by atoms with Crippen molar-refractivity contribution in [2.24, 2.45) is 0 Å². The van der Waals surface area contributed by atoms with Crippen LogP contribution in [-0.4, -0.2) is 16.1 Å². The van der Waals surface area contributed by atoms with Crippen LogP contribution in [0.2, 0.25) is 0 Å². The zero-order valence-electron chi connectivity index (χ0n) is 9.64. The molecular weight excluding hydrogens is 296 g/mol. The quantitative estimate of drug-likeness (QED) is 0.871. The Balaban J connectivity index is 3.63. The number of aromatic carboxylic acids is 1. The summed E-state index contributed by atoms with van der Waals surface area (Å²) >= 11 is 2.25. The molecule has 0 aliphatic rings. The van der Waals surface area contributed by atoms with E-state index < -0.39 is 16.5 Å². The van der Waals surface area contributed by atoms with Crippen LogP contribution in [0, 0.1) is 13.8 Å². The molecule has 0 radical (unpaired) electrons. The fourth-order valence-corrected chi connectivity index (χ4v) is 2.06. The van der Waals surface area contributed by atoms with E-state index in [0.717, 1.165) is 0 Å². The van der Waals surface area contributed by atoms with Gasteiger partial charge in [-0.2, -0.15) is 8.78 Å². The van der Waals surface area contributed by atoms with E-state index in [1.54, 1.807) is 6.92 Å². The first-order chi connectivity index (χ1) is 7.70. The Morgan fingerprint density at radius 3 is 2.29 bits per heavy atom. The summed E-state index contributed by atoms with van der Waals surface area (Å²) in [6.07, 6.45) is 0.291. The van der Waals surface area contributed by atoms with Crippen LogP contribution in [-0.2, 0) is 11.3 Å². The zero-order valence-corrected chi connectivity index (χ0v) is 11.2. The molecule has 0 amide bonds. The number of pyridine rings is 1. The lowest BCUT2D eigenvalue weighted by molar-refractivity contribution is 0.0692. The van der Waals surface area contributed by atoms with Gasteiger partial charge in [0.2, 0.25) is 0 Å². The monoisotopic (exact) mass is 307 g/mol. The Labute approximate surface area is 106 Å². The van der Waals surface area contributed by atoms with E-state index in [4.69, 9.17) is 5.11 Å². The first-order valence-corrected chi connectivity index (χ1v) is 5.80. The van der Waals surface area contributed by atoms with Crippen LogP contribution in [0.1, 0.15) is 39.8 Å². The molecule has 1 heterocycles. The van der Waals surface area contributed by atoms with Crippen molar-refractivity contribution in [3.63, 3.8) is 0 Å². The first-order valence-electron chi connectivity index (χ1n) is 5.00. The maximum absolute atomic E-state index is 13.3. The number of hydrogen-bond donors (Lipinski definition) is 1. The number of rotatable bonds is 3. The summed E-state index contributed by atoms with van der Waals surface area (Å²) in [4.78, 5) is 11.6. The molecular formula is C11H12BrF2NO2. The molecule has 94 valence electrons. The summed E-state index contributed by atoms with van der Waals surface area (Å²) < 4.78 is 26.5. The van der Waals surface area contributed by atoms with Crippen molar-refractivity contribution in [3.05, 3.63) is 28.1 Å². The van der Waals surface area contributed by atoms with E-state index >= 15 is 0 Å². The van der Waals surface area contributed by atoms with Crippen LogP contribution in [0.15, 0.2) is 0 Å². The highest BCUT2D eigenvalue weighted by atomic mass is 79.9. The highest BCUT2D eigenvalue weighted by molar-refractivity contribution is 9.09. The molecule has 0 fully saturated rings. The van der Waals surface area contributed by atoms with Crippen molar-refractivity contribution in [2.75, 3.05) is 0 Å². The summed E-state index contributed by atoms with van der Waals surface area (Å²) in [5.74, 6) is -1.14. The molecule has 0 saturated heterocycles. The molecule has 6 heteroatoms. The Hall–Kier alpha value is -1.04.